The van der Waals surface area contributed by atoms with Crippen molar-refractivity contribution in [1.29, 1.82) is 0 Å². The molecule has 2 aromatic heterocycles. The first kappa shape index (κ1) is 19.8. The zero-order chi connectivity index (χ0) is 20.4. The molecule has 0 bridgehead atoms. The molecule has 0 amide bonds. The molecule has 5 nitrogen and oxygen atoms in total. The van der Waals surface area contributed by atoms with Crippen LogP contribution in [0.4, 0.5) is 0 Å². The first-order valence-corrected chi connectivity index (χ1v) is 10.6. The minimum absolute atomic E-state index is 0.140. The van der Waals surface area contributed by atoms with Crippen molar-refractivity contribution in [3.8, 4) is 11.1 Å². The molecule has 1 aliphatic rings. The summed E-state index contributed by atoms with van der Waals surface area (Å²) in [7, 11) is 1.92. The van der Waals surface area contributed by atoms with Crippen LogP contribution in [-0.2, 0) is 18.3 Å². The number of ketones is 1. The molecule has 1 saturated heterocycles. The van der Waals surface area contributed by atoms with E-state index >= 15 is 0 Å². The summed E-state index contributed by atoms with van der Waals surface area (Å²) in [5.41, 5.74) is 3.09. The molecule has 3 heterocycles. The van der Waals surface area contributed by atoms with Crippen molar-refractivity contribution < 1.29 is 4.79 Å². The van der Waals surface area contributed by atoms with Gasteiger partial charge in [-0.2, -0.15) is 5.10 Å². The second kappa shape index (κ2) is 8.46. The van der Waals surface area contributed by atoms with E-state index in [1.165, 1.54) is 0 Å². The van der Waals surface area contributed by atoms with Crippen LogP contribution in [0, 0.1) is 11.8 Å². The summed E-state index contributed by atoms with van der Waals surface area (Å²) in [6.07, 6.45) is 8.32. The quantitative estimate of drug-likeness (QED) is 0.635. The Kier molecular flexibility index (Phi) is 5.76. The lowest BCUT2D eigenvalue weighted by atomic mass is 9.90. The van der Waals surface area contributed by atoms with Gasteiger partial charge in [0, 0.05) is 61.5 Å². The van der Waals surface area contributed by atoms with Crippen LogP contribution in [0.3, 0.4) is 0 Å². The standard InChI is InChI=1S/C24H30N4O/c1-17(2)14-28-8-4-5-20(16-28)24(29)11-23-10-21-9-18(6-7-19(21)12-25-23)22-13-26-27(3)15-22/h6-7,9-10,12-13,15,17,20H,4-5,8,11,14,16H2,1-3H3/t20-/m1/s1. The third kappa shape index (κ3) is 4.73. The Bertz CT molecular complexity index is 1010. The molecule has 1 atom stereocenters. The van der Waals surface area contributed by atoms with Crippen molar-refractivity contribution in [3.05, 3.63) is 48.5 Å². The molecule has 4 rings (SSSR count). The first-order valence-electron chi connectivity index (χ1n) is 10.6. The lowest BCUT2D eigenvalue weighted by Gasteiger charge is -2.33. The normalized spacial score (nSPS) is 17.9. The molecule has 0 spiro atoms. The number of aryl methyl sites for hydroxylation is 1. The summed E-state index contributed by atoms with van der Waals surface area (Å²) in [5.74, 6) is 1.11. The van der Waals surface area contributed by atoms with Crippen LogP contribution in [-0.4, -0.2) is 45.1 Å². The highest BCUT2D eigenvalue weighted by atomic mass is 16.1. The number of fused-ring (bicyclic) bond motifs is 1. The second-order valence-corrected chi connectivity index (χ2v) is 8.78. The van der Waals surface area contributed by atoms with Gasteiger partial charge >= 0.3 is 0 Å². The molecule has 1 fully saturated rings. The van der Waals surface area contributed by atoms with E-state index < -0.39 is 0 Å². The van der Waals surface area contributed by atoms with E-state index in [2.05, 4.69) is 53.1 Å². The summed E-state index contributed by atoms with van der Waals surface area (Å²) in [4.78, 5) is 20.0. The van der Waals surface area contributed by atoms with Crippen molar-refractivity contribution in [1.82, 2.24) is 19.7 Å². The van der Waals surface area contributed by atoms with Gasteiger partial charge in [0.15, 0.2) is 0 Å². The predicted octanol–water partition coefficient (Wildman–Crippen LogP) is 4.11. The lowest BCUT2D eigenvalue weighted by Crippen LogP contribution is -2.40. The Morgan fingerprint density at radius 1 is 1.17 bits per heavy atom. The van der Waals surface area contributed by atoms with E-state index in [4.69, 9.17) is 0 Å². The van der Waals surface area contributed by atoms with Gasteiger partial charge in [0.2, 0.25) is 0 Å². The van der Waals surface area contributed by atoms with Gasteiger partial charge < -0.3 is 4.90 Å². The summed E-state index contributed by atoms with van der Waals surface area (Å²) in [6, 6.07) is 8.41. The van der Waals surface area contributed by atoms with E-state index in [0.717, 1.165) is 60.1 Å². The number of hydrogen-bond donors (Lipinski definition) is 0. The van der Waals surface area contributed by atoms with Gasteiger partial charge in [-0.05, 0) is 48.4 Å². The Hall–Kier alpha value is -2.53. The third-order valence-corrected chi connectivity index (χ3v) is 5.76. The highest BCUT2D eigenvalue weighted by molar-refractivity contribution is 5.88. The number of aromatic nitrogens is 3. The van der Waals surface area contributed by atoms with Gasteiger partial charge in [0.05, 0.1) is 6.20 Å². The number of pyridine rings is 1. The van der Waals surface area contributed by atoms with Crippen LogP contribution in [0.1, 0.15) is 32.4 Å². The molecule has 0 aliphatic carbocycles. The zero-order valence-electron chi connectivity index (χ0n) is 17.6. The second-order valence-electron chi connectivity index (χ2n) is 8.78. The smallest absolute Gasteiger partial charge is 0.143 e. The van der Waals surface area contributed by atoms with Crippen molar-refractivity contribution in [2.24, 2.45) is 18.9 Å². The van der Waals surface area contributed by atoms with Crippen LogP contribution < -0.4 is 0 Å². The molecule has 152 valence electrons. The summed E-state index contributed by atoms with van der Waals surface area (Å²) in [6.45, 7) is 7.58. The highest BCUT2D eigenvalue weighted by Gasteiger charge is 2.26. The van der Waals surface area contributed by atoms with Crippen LogP contribution >= 0.6 is 0 Å². The molecule has 1 aromatic carbocycles. The van der Waals surface area contributed by atoms with Gasteiger partial charge in [-0.25, -0.2) is 0 Å². The van der Waals surface area contributed by atoms with E-state index in [0.29, 0.717) is 18.1 Å². The lowest BCUT2D eigenvalue weighted by molar-refractivity contribution is -0.124. The molecule has 0 unspecified atom stereocenters. The number of benzene rings is 1. The largest absolute Gasteiger partial charge is 0.302 e. The summed E-state index contributed by atoms with van der Waals surface area (Å²) >= 11 is 0. The molecule has 0 N–H and O–H groups in total. The number of hydrogen-bond acceptors (Lipinski definition) is 4. The summed E-state index contributed by atoms with van der Waals surface area (Å²) in [5, 5.41) is 6.47. The molecule has 0 radical (unpaired) electrons. The number of piperidine rings is 1. The van der Waals surface area contributed by atoms with Crippen LogP contribution in [0.25, 0.3) is 21.9 Å². The fourth-order valence-corrected chi connectivity index (χ4v) is 4.36. The fraction of sp³-hybridized carbons (Fsp3) is 0.458. The molecular weight excluding hydrogens is 360 g/mol. The zero-order valence-corrected chi connectivity index (χ0v) is 17.6. The minimum atomic E-state index is 0.140. The number of Topliss-reactive ketones (excluding diaryl/α,β-unsaturated/α-hetero) is 1. The average Bonchev–Trinajstić information content (AvgIpc) is 3.13. The maximum Gasteiger partial charge on any atom is 0.143 e. The maximum absolute atomic E-state index is 12.9. The van der Waals surface area contributed by atoms with Gasteiger partial charge in [0.25, 0.3) is 0 Å². The predicted molar refractivity (Wildman–Crippen MR) is 117 cm³/mol. The number of nitrogens with zero attached hydrogens (tertiary/aromatic N) is 4. The molecule has 0 saturated carbocycles. The molecule has 5 heteroatoms. The topological polar surface area (TPSA) is 51.0 Å². The van der Waals surface area contributed by atoms with Crippen LogP contribution in [0.5, 0.6) is 0 Å². The number of likely N-dealkylation sites (tertiary alicyclic amines) is 1. The van der Waals surface area contributed by atoms with Gasteiger partial charge in [-0.15, -0.1) is 0 Å². The van der Waals surface area contributed by atoms with Gasteiger partial charge in [-0.1, -0.05) is 26.0 Å². The van der Waals surface area contributed by atoms with E-state index in [9.17, 15) is 4.79 Å². The van der Waals surface area contributed by atoms with E-state index in [1.54, 1.807) is 0 Å². The average molecular weight is 391 g/mol. The van der Waals surface area contributed by atoms with E-state index in [-0.39, 0.29) is 5.92 Å². The van der Waals surface area contributed by atoms with Gasteiger partial charge in [-0.3, -0.25) is 14.5 Å². The van der Waals surface area contributed by atoms with Gasteiger partial charge in [0.1, 0.15) is 5.78 Å². The Balaban J connectivity index is 1.49. The monoisotopic (exact) mass is 390 g/mol. The maximum atomic E-state index is 12.9. The van der Waals surface area contributed by atoms with Crippen molar-refractivity contribution in [2.45, 2.75) is 33.1 Å². The van der Waals surface area contributed by atoms with Crippen LogP contribution in [0.2, 0.25) is 0 Å². The Morgan fingerprint density at radius 3 is 2.79 bits per heavy atom. The highest BCUT2D eigenvalue weighted by Crippen LogP contribution is 2.25. The minimum Gasteiger partial charge on any atom is -0.302 e. The van der Waals surface area contributed by atoms with Crippen molar-refractivity contribution >= 4 is 16.6 Å². The number of carbonyl (C=O) groups excluding carboxylic acids is 1. The molecular formula is C24H30N4O. The first-order chi connectivity index (χ1) is 14.0. The molecule has 3 aromatic rings. The number of rotatable bonds is 6. The number of carbonyl (C=O) groups is 1. The molecule has 1 aliphatic heterocycles. The summed E-state index contributed by atoms with van der Waals surface area (Å²) < 4.78 is 1.81. The Morgan fingerprint density at radius 2 is 2.03 bits per heavy atom. The third-order valence-electron chi connectivity index (χ3n) is 5.76. The fourth-order valence-electron chi connectivity index (χ4n) is 4.36. The van der Waals surface area contributed by atoms with E-state index in [1.807, 2.05) is 30.3 Å². The Labute approximate surface area is 172 Å². The molecule has 29 heavy (non-hydrogen) atoms. The van der Waals surface area contributed by atoms with Crippen molar-refractivity contribution in [3.63, 3.8) is 0 Å². The van der Waals surface area contributed by atoms with Crippen LogP contribution in [0.15, 0.2) is 42.9 Å². The SMILES string of the molecule is CC(C)CN1CCC[C@@H](C(=O)Cc2cc3cc(-c4cnn(C)c4)ccc3cn2)C1. The van der Waals surface area contributed by atoms with Crippen molar-refractivity contribution in [2.75, 3.05) is 19.6 Å².